The molecule has 2 rings (SSSR count). The van der Waals surface area contributed by atoms with E-state index in [1.807, 2.05) is 0 Å². The number of hydrogen-bond donors (Lipinski definition) is 1. The largest absolute Gasteiger partial charge is 0.372 e. The van der Waals surface area contributed by atoms with Crippen LogP contribution < -0.4 is 5.32 Å². The van der Waals surface area contributed by atoms with Crippen LogP contribution in [-0.4, -0.2) is 25.8 Å². The lowest BCUT2D eigenvalue weighted by molar-refractivity contribution is 0.331. The first kappa shape index (κ1) is 8.52. The Kier molecular flexibility index (Phi) is 3.01. The number of nitrogens with one attached hydrogen (secondary N) is 1. The Morgan fingerprint density at radius 3 is 2.50 bits per heavy atom. The maximum Gasteiger partial charge on any atom is 0.0933 e. The topological polar surface area (TPSA) is 24.6 Å². The summed E-state index contributed by atoms with van der Waals surface area (Å²) in [6.45, 7) is 3.29. The van der Waals surface area contributed by atoms with Gasteiger partial charge in [-0.2, -0.15) is 0 Å². The minimum atomic E-state index is 0.550. The Labute approximate surface area is 74.7 Å². The van der Waals surface area contributed by atoms with Gasteiger partial charge < -0.3 is 10.1 Å². The van der Waals surface area contributed by atoms with Crippen molar-refractivity contribution >= 4 is 0 Å². The smallest absolute Gasteiger partial charge is 0.0933 e. The van der Waals surface area contributed by atoms with E-state index >= 15 is 0 Å². The summed E-state index contributed by atoms with van der Waals surface area (Å²) in [5.74, 6) is 0.956. The maximum atomic E-state index is 5.14. The Morgan fingerprint density at radius 1 is 1.08 bits per heavy atom. The molecule has 2 aliphatic rings. The summed E-state index contributed by atoms with van der Waals surface area (Å²) in [6, 6.07) is 0. The third-order valence-corrected chi connectivity index (χ3v) is 2.93. The van der Waals surface area contributed by atoms with Crippen molar-refractivity contribution in [3.8, 4) is 0 Å². The summed E-state index contributed by atoms with van der Waals surface area (Å²) < 4.78 is 5.14. The molecular weight excluding hydrogens is 150 g/mol. The molecule has 0 radical (unpaired) electrons. The predicted octanol–water partition coefficient (Wildman–Crippen LogP) is 1.56. The van der Waals surface area contributed by atoms with E-state index < -0.39 is 0 Å². The van der Waals surface area contributed by atoms with Crippen LogP contribution in [0.1, 0.15) is 32.1 Å². The average Bonchev–Trinajstić information content (AvgIpc) is 2.90. The van der Waals surface area contributed by atoms with Crippen molar-refractivity contribution in [2.75, 3.05) is 19.7 Å². The van der Waals surface area contributed by atoms with Crippen molar-refractivity contribution in [2.24, 2.45) is 5.92 Å². The first-order valence-corrected chi connectivity index (χ1v) is 5.27. The molecule has 1 saturated heterocycles. The van der Waals surface area contributed by atoms with Gasteiger partial charge in [-0.1, -0.05) is 19.3 Å². The van der Waals surface area contributed by atoms with Gasteiger partial charge in [0.1, 0.15) is 0 Å². The summed E-state index contributed by atoms with van der Waals surface area (Å²) in [7, 11) is 0. The lowest BCUT2D eigenvalue weighted by atomic mass is 9.89. The van der Waals surface area contributed by atoms with Crippen molar-refractivity contribution in [1.82, 2.24) is 5.32 Å². The van der Waals surface area contributed by atoms with Gasteiger partial charge in [0.25, 0.3) is 0 Å². The van der Waals surface area contributed by atoms with Crippen molar-refractivity contribution in [3.05, 3.63) is 0 Å². The number of epoxide rings is 1. The fourth-order valence-corrected chi connectivity index (χ4v) is 2.03. The van der Waals surface area contributed by atoms with E-state index in [0.717, 1.165) is 19.1 Å². The van der Waals surface area contributed by atoms with E-state index in [1.165, 1.54) is 38.6 Å². The summed E-state index contributed by atoms with van der Waals surface area (Å²) in [5.41, 5.74) is 0. The van der Waals surface area contributed by atoms with Crippen molar-refractivity contribution in [1.29, 1.82) is 0 Å². The molecule has 0 aromatic rings. The molecule has 2 nitrogen and oxygen atoms in total. The Morgan fingerprint density at radius 2 is 1.83 bits per heavy atom. The highest BCUT2D eigenvalue weighted by Gasteiger charge is 2.22. The van der Waals surface area contributed by atoms with E-state index in [4.69, 9.17) is 4.74 Å². The molecule has 1 aliphatic carbocycles. The second kappa shape index (κ2) is 4.24. The van der Waals surface area contributed by atoms with Crippen LogP contribution in [0.3, 0.4) is 0 Å². The Balaban J connectivity index is 1.52. The predicted molar refractivity (Wildman–Crippen MR) is 49.2 cm³/mol. The van der Waals surface area contributed by atoms with Crippen LogP contribution in [0, 0.1) is 5.92 Å². The quantitative estimate of drug-likeness (QED) is 0.646. The highest BCUT2D eigenvalue weighted by molar-refractivity contribution is 4.74. The summed E-state index contributed by atoms with van der Waals surface area (Å²) >= 11 is 0. The van der Waals surface area contributed by atoms with Gasteiger partial charge >= 0.3 is 0 Å². The molecule has 1 saturated carbocycles. The number of hydrogen-bond acceptors (Lipinski definition) is 2. The van der Waals surface area contributed by atoms with Gasteiger partial charge in [0.05, 0.1) is 12.7 Å². The van der Waals surface area contributed by atoms with E-state index in [9.17, 15) is 0 Å². The van der Waals surface area contributed by atoms with Gasteiger partial charge in [-0.05, 0) is 25.3 Å². The Hall–Kier alpha value is -0.0800. The average molecular weight is 169 g/mol. The van der Waals surface area contributed by atoms with E-state index in [2.05, 4.69) is 5.32 Å². The lowest BCUT2D eigenvalue weighted by Crippen LogP contribution is -2.27. The summed E-state index contributed by atoms with van der Waals surface area (Å²) in [4.78, 5) is 0. The minimum Gasteiger partial charge on any atom is -0.372 e. The van der Waals surface area contributed by atoms with Crippen molar-refractivity contribution in [2.45, 2.75) is 38.2 Å². The zero-order chi connectivity index (χ0) is 8.23. The van der Waals surface area contributed by atoms with Crippen LogP contribution in [0.2, 0.25) is 0 Å². The van der Waals surface area contributed by atoms with Crippen LogP contribution in [-0.2, 0) is 4.74 Å². The second-order valence-electron chi connectivity index (χ2n) is 4.12. The molecule has 12 heavy (non-hydrogen) atoms. The minimum absolute atomic E-state index is 0.550. The van der Waals surface area contributed by atoms with Crippen molar-refractivity contribution in [3.63, 3.8) is 0 Å². The fraction of sp³-hybridized carbons (Fsp3) is 1.00. The molecule has 2 fully saturated rings. The molecule has 70 valence electrons. The molecule has 0 aromatic heterocycles. The van der Waals surface area contributed by atoms with E-state index in [0.29, 0.717) is 6.10 Å². The van der Waals surface area contributed by atoms with Gasteiger partial charge in [0, 0.05) is 6.54 Å². The van der Waals surface area contributed by atoms with Crippen LogP contribution in [0.25, 0.3) is 0 Å². The third-order valence-electron chi connectivity index (χ3n) is 2.93. The number of ether oxygens (including phenoxy) is 1. The molecule has 0 aromatic carbocycles. The van der Waals surface area contributed by atoms with Gasteiger partial charge in [-0.15, -0.1) is 0 Å². The fourth-order valence-electron chi connectivity index (χ4n) is 2.03. The highest BCUT2D eigenvalue weighted by atomic mass is 16.6. The standard InChI is InChI=1S/C10H19NO/c1-2-4-9(5-3-1)6-11-7-10-8-12-10/h9-11H,1-8H2. The first-order valence-electron chi connectivity index (χ1n) is 5.27. The normalized spacial score (nSPS) is 30.5. The SMILES string of the molecule is C1CCC(CNCC2CO2)CC1. The Bertz CT molecular complexity index is 128. The van der Waals surface area contributed by atoms with Crippen LogP contribution in [0.5, 0.6) is 0 Å². The van der Waals surface area contributed by atoms with E-state index in [1.54, 1.807) is 0 Å². The van der Waals surface area contributed by atoms with E-state index in [-0.39, 0.29) is 0 Å². The monoisotopic (exact) mass is 169 g/mol. The second-order valence-corrected chi connectivity index (χ2v) is 4.12. The molecule has 2 heteroatoms. The molecule has 1 aliphatic heterocycles. The van der Waals surface area contributed by atoms with Crippen LogP contribution >= 0.6 is 0 Å². The molecule has 1 N–H and O–H groups in total. The van der Waals surface area contributed by atoms with Crippen molar-refractivity contribution < 1.29 is 4.74 Å². The van der Waals surface area contributed by atoms with Gasteiger partial charge in [0.2, 0.25) is 0 Å². The molecular formula is C10H19NO. The van der Waals surface area contributed by atoms with Crippen LogP contribution in [0.15, 0.2) is 0 Å². The van der Waals surface area contributed by atoms with Crippen LogP contribution in [0.4, 0.5) is 0 Å². The summed E-state index contributed by atoms with van der Waals surface area (Å²) in [5, 5.41) is 3.49. The third kappa shape index (κ3) is 2.76. The lowest BCUT2D eigenvalue weighted by Gasteiger charge is -2.21. The molecule has 0 bridgehead atoms. The zero-order valence-electron chi connectivity index (χ0n) is 7.72. The molecule has 0 spiro atoms. The first-order chi connectivity index (χ1) is 5.95. The van der Waals surface area contributed by atoms with Gasteiger partial charge in [0.15, 0.2) is 0 Å². The number of rotatable bonds is 4. The van der Waals surface area contributed by atoms with Gasteiger partial charge in [-0.3, -0.25) is 0 Å². The molecule has 1 unspecified atom stereocenters. The van der Waals surface area contributed by atoms with Gasteiger partial charge in [-0.25, -0.2) is 0 Å². The summed E-state index contributed by atoms with van der Waals surface area (Å²) in [6.07, 6.45) is 7.80. The molecule has 1 atom stereocenters. The maximum absolute atomic E-state index is 5.14. The molecule has 1 heterocycles. The zero-order valence-corrected chi connectivity index (χ0v) is 7.72. The molecule has 0 amide bonds. The highest BCUT2D eigenvalue weighted by Crippen LogP contribution is 2.22.